The van der Waals surface area contributed by atoms with E-state index in [4.69, 9.17) is 0 Å². The molecule has 2 rings (SSSR count). The maximum absolute atomic E-state index is 12.5. The van der Waals surface area contributed by atoms with Gasteiger partial charge < -0.3 is 4.90 Å². The van der Waals surface area contributed by atoms with Crippen LogP contribution in [0.1, 0.15) is 28.4 Å². The quantitative estimate of drug-likeness (QED) is 0.852. The van der Waals surface area contributed by atoms with Gasteiger partial charge in [0.05, 0.1) is 5.56 Å². The van der Waals surface area contributed by atoms with Gasteiger partial charge >= 0.3 is 0 Å². The molecule has 0 fully saturated rings. The lowest BCUT2D eigenvalue weighted by Crippen LogP contribution is -2.30. The third-order valence-corrected chi connectivity index (χ3v) is 3.68. The van der Waals surface area contributed by atoms with E-state index in [1.54, 1.807) is 18.5 Å². The molecule has 0 bridgehead atoms. The van der Waals surface area contributed by atoms with Gasteiger partial charge in [0.15, 0.2) is 0 Å². The van der Waals surface area contributed by atoms with Gasteiger partial charge in [-0.1, -0.05) is 24.3 Å². The number of halogens is 1. The molecule has 0 saturated heterocycles. The second-order valence-corrected chi connectivity index (χ2v) is 5.55. The summed E-state index contributed by atoms with van der Waals surface area (Å²) in [6.45, 7) is 5.34. The van der Waals surface area contributed by atoms with Crippen LogP contribution in [0.5, 0.6) is 0 Å². The lowest BCUT2D eigenvalue weighted by molar-refractivity contribution is 0.0752. The Balaban J connectivity index is 2.20. The highest BCUT2D eigenvalue weighted by Gasteiger charge is 2.15. The molecule has 3 nitrogen and oxygen atoms in total. The minimum absolute atomic E-state index is 0.00422. The van der Waals surface area contributed by atoms with Crippen molar-refractivity contribution in [2.24, 2.45) is 0 Å². The summed E-state index contributed by atoms with van der Waals surface area (Å²) in [7, 11) is 0. The average Bonchev–Trinajstić information content (AvgIpc) is 2.46. The smallest absolute Gasteiger partial charge is 0.255 e. The molecule has 2 aromatic rings. The van der Waals surface area contributed by atoms with Crippen molar-refractivity contribution in [3.05, 3.63) is 63.9 Å². The molecule has 0 aliphatic heterocycles. The summed E-state index contributed by atoms with van der Waals surface area (Å²) in [4.78, 5) is 18.4. The molecule has 4 heteroatoms. The van der Waals surface area contributed by atoms with E-state index in [0.717, 1.165) is 4.47 Å². The van der Waals surface area contributed by atoms with Crippen LogP contribution >= 0.6 is 15.9 Å². The Morgan fingerprint density at radius 3 is 2.70 bits per heavy atom. The van der Waals surface area contributed by atoms with Crippen molar-refractivity contribution in [1.29, 1.82) is 0 Å². The van der Waals surface area contributed by atoms with Crippen LogP contribution in [0, 0.1) is 6.92 Å². The number of carbonyl (C=O) groups excluding carboxylic acids is 1. The monoisotopic (exact) mass is 332 g/mol. The fourth-order valence-electron chi connectivity index (χ4n) is 2.03. The summed E-state index contributed by atoms with van der Waals surface area (Å²) in [5.41, 5.74) is 2.98. The fourth-order valence-corrected chi connectivity index (χ4v) is 2.40. The minimum atomic E-state index is 0.00422. The molecule has 0 unspecified atom stereocenters. The number of benzene rings is 1. The Morgan fingerprint density at radius 1 is 1.30 bits per heavy atom. The van der Waals surface area contributed by atoms with Crippen LogP contribution in [0.2, 0.25) is 0 Å². The van der Waals surface area contributed by atoms with Crippen molar-refractivity contribution in [1.82, 2.24) is 9.88 Å². The van der Waals surface area contributed by atoms with Crippen LogP contribution in [0.3, 0.4) is 0 Å². The van der Waals surface area contributed by atoms with Crippen molar-refractivity contribution < 1.29 is 4.79 Å². The van der Waals surface area contributed by atoms with E-state index < -0.39 is 0 Å². The first kappa shape index (κ1) is 14.7. The summed E-state index contributed by atoms with van der Waals surface area (Å²) in [5, 5.41) is 0. The van der Waals surface area contributed by atoms with Crippen LogP contribution in [-0.4, -0.2) is 22.3 Å². The molecule has 20 heavy (non-hydrogen) atoms. The molecule has 1 aromatic carbocycles. The number of amides is 1. The lowest BCUT2D eigenvalue weighted by Gasteiger charge is -2.22. The van der Waals surface area contributed by atoms with Crippen LogP contribution < -0.4 is 0 Å². The molecular formula is C16H17BrN2O. The van der Waals surface area contributed by atoms with Gasteiger partial charge in [0.1, 0.15) is 0 Å². The van der Waals surface area contributed by atoms with Gasteiger partial charge in [0, 0.05) is 30.0 Å². The van der Waals surface area contributed by atoms with Crippen molar-refractivity contribution in [3.8, 4) is 0 Å². The standard InChI is InChI=1S/C16H17BrN2O/c1-3-19(11-13-7-5-4-6-12(13)2)16(20)14-8-15(17)10-18-9-14/h4-10H,3,11H2,1-2H3. The lowest BCUT2D eigenvalue weighted by atomic mass is 10.1. The third-order valence-electron chi connectivity index (χ3n) is 3.24. The van der Waals surface area contributed by atoms with Crippen molar-refractivity contribution in [2.75, 3.05) is 6.54 Å². The normalized spacial score (nSPS) is 10.3. The first-order valence-corrected chi connectivity index (χ1v) is 7.35. The highest BCUT2D eigenvalue weighted by atomic mass is 79.9. The van der Waals surface area contributed by atoms with E-state index >= 15 is 0 Å². The zero-order valence-electron chi connectivity index (χ0n) is 11.6. The SMILES string of the molecule is CCN(Cc1ccccc1C)C(=O)c1cncc(Br)c1. The van der Waals surface area contributed by atoms with E-state index in [-0.39, 0.29) is 5.91 Å². The topological polar surface area (TPSA) is 33.2 Å². The van der Waals surface area contributed by atoms with Crippen LogP contribution in [0.15, 0.2) is 47.2 Å². The summed E-state index contributed by atoms with van der Waals surface area (Å²) in [6.07, 6.45) is 3.28. The van der Waals surface area contributed by atoms with E-state index in [0.29, 0.717) is 18.7 Å². The number of aryl methyl sites for hydroxylation is 1. The molecule has 0 spiro atoms. The Labute approximate surface area is 127 Å². The van der Waals surface area contributed by atoms with E-state index in [2.05, 4.69) is 40.0 Å². The van der Waals surface area contributed by atoms with Gasteiger partial charge in [-0.15, -0.1) is 0 Å². The van der Waals surface area contributed by atoms with E-state index in [1.807, 2.05) is 24.0 Å². The third kappa shape index (κ3) is 3.45. The van der Waals surface area contributed by atoms with Crippen LogP contribution in [-0.2, 0) is 6.54 Å². The average molecular weight is 333 g/mol. The number of nitrogens with zero attached hydrogens (tertiary/aromatic N) is 2. The number of hydrogen-bond acceptors (Lipinski definition) is 2. The zero-order valence-corrected chi connectivity index (χ0v) is 13.2. The fraction of sp³-hybridized carbons (Fsp3) is 0.250. The maximum atomic E-state index is 12.5. The number of rotatable bonds is 4. The Morgan fingerprint density at radius 2 is 2.05 bits per heavy atom. The van der Waals surface area contributed by atoms with Crippen LogP contribution in [0.4, 0.5) is 0 Å². The van der Waals surface area contributed by atoms with Gasteiger partial charge in [-0.25, -0.2) is 0 Å². The van der Waals surface area contributed by atoms with Gasteiger partial charge in [-0.2, -0.15) is 0 Å². The molecule has 1 amide bonds. The number of pyridine rings is 1. The molecule has 1 heterocycles. The highest BCUT2D eigenvalue weighted by molar-refractivity contribution is 9.10. The maximum Gasteiger partial charge on any atom is 0.255 e. The van der Waals surface area contributed by atoms with Crippen molar-refractivity contribution in [3.63, 3.8) is 0 Å². The molecule has 0 aliphatic rings. The Kier molecular flexibility index (Phi) is 4.90. The second-order valence-electron chi connectivity index (χ2n) is 4.64. The number of carbonyl (C=O) groups is 1. The molecule has 0 aliphatic carbocycles. The Hall–Kier alpha value is -1.68. The number of aromatic nitrogens is 1. The molecular weight excluding hydrogens is 316 g/mol. The first-order valence-electron chi connectivity index (χ1n) is 6.56. The predicted octanol–water partition coefficient (Wildman–Crippen LogP) is 3.81. The molecule has 0 N–H and O–H groups in total. The second kappa shape index (κ2) is 6.66. The molecule has 0 radical (unpaired) electrons. The zero-order chi connectivity index (χ0) is 14.5. The van der Waals surface area contributed by atoms with Gasteiger partial charge in [-0.05, 0) is 47.0 Å². The summed E-state index contributed by atoms with van der Waals surface area (Å²) >= 11 is 3.35. The van der Waals surface area contributed by atoms with Gasteiger partial charge in [-0.3, -0.25) is 9.78 Å². The Bertz CT molecular complexity index is 613. The predicted molar refractivity (Wildman–Crippen MR) is 83.5 cm³/mol. The van der Waals surface area contributed by atoms with Crippen molar-refractivity contribution >= 4 is 21.8 Å². The van der Waals surface area contributed by atoms with E-state index in [9.17, 15) is 4.79 Å². The highest BCUT2D eigenvalue weighted by Crippen LogP contribution is 2.15. The van der Waals surface area contributed by atoms with Crippen LogP contribution in [0.25, 0.3) is 0 Å². The minimum Gasteiger partial charge on any atom is -0.335 e. The first-order chi connectivity index (χ1) is 9.61. The molecule has 0 saturated carbocycles. The van der Waals surface area contributed by atoms with Gasteiger partial charge in [0.25, 0.3) is 5.91 Å². The summed E-state index contributed by atoms with van der Waals surface area (Å²) in [6, 6.07) is 9.94. The molecule has 1 aromatic heterocycles. The molecule has 104 valence electrons. The largest absolute Gasteiger partial charge is 0.335 e. The summed E-state index contributed by atoms with van der Waals surface area (Å²) in [5.74, 6) is 0.00422. The molecule has 0 atom stereocenters. The van der Waals surface area contributed by atoms with E-state index in [1.165, 1.54) is 11.1 Å². The number of hydrogen-bond donors (Lipinski definition) is 0. The van der Waals surface area contributed by atoms with Gasteiger partial charge in [0.2, 0.25) is 0 Å². The van der Waals surface area contributed by atoms with Crippen molar-refractivity contribution in [2.45, 2.75) is 20.4 Å². The summed E-state index contributed by atoms with van der Waals surface area (Å²) < 4.78 is 0.815.